The number of rotatable bonds is 6. The normalized spacial score (nSPS) is 20.1. The van der Waals surface area contributed by atoms with Gasteiger partial charge < -0.3 is 10.2 Å². The standard InChI is InChI=1S/C22H33FN4O2/c1-18(19-6-8-20(23)9-7-19)24-21(28)16-25-12-14-26(15-13-25)17-22(29)27-10-4-2-3-5-11-27/h6-9,18H,2-5,10-17H2,1H3,(H,24,28). The Labute approximate surface area is 173 Å². The van der Waals surface area contributed by atoms with Crippen LogP contribution in [-0.4, -0.2) is 78.9 Å². The fourth-order valence-electron chi connectivity index (χ4n) is 4.04. The summed E-state index contributed by atoms with van der Waals surface area (Å²) in [6.45, 7) is 7.70. The van der Waals surface area contributed by atoms with Crippen molar-refractivity contribution in [2.45, 2.75) is 38.6 Å². The van der Waals surface area contributed by atoms with Crippen LogP contribution in [-0.2, 0) is 9.59 Å². The van der Waals surface area contributed by atoms with Gasteiger partial charge in [-0.15, -0.1) is 0 Å². The van der Waals surface area contributed by atoms with Gasteiger partial charge in [0.15, 0.2) is 0 Å². The molecule has 1 aromatic carbocycles. The van der Waals surface area contributed by atoms with E-state index in [0.29, 0.717) is 13.1 Å². The van der Waals surface area contributed by atoms with Crippen LogP contribution in [0.3, 0.4) is 0 Å². The minimum atomic E-state index is -0.278. The molecule has 3 rings (SSSR count). The van der Waals surface area contributed by atoms with Gasteiger partial charge in [0, 0.05) is 39.3 Å². The Balaban J connectivity index is 1.37. The number of benzene rings is 1. The maximum Gasteiger partial charge on any atom is 0.236 e. The highest BCUT2D eigenvalue weighted by atomic mass is 19.1. The van der Waals surface area contributed by atoms with E-state index in [1.54, 1.807) is 12.1 Å². The van der Waals surface area contributed by atoms with Crippen molar-refractivity contribution in [3.05, 3.63) is 35.6 Å². The first-order valence-electron chi connectivity index (χ1n) is 10.8. The van der Waals surface area contributed by atoms with Crippen molar-refractivity contribution in [3.8, 4) is 0 Å². The van der Waals surface area contributed by atoms with Crippen LogP contribution in [0.1, 0.15) is 44.2 Å². The number of halogens is 1. The number of hydrogen-bond acceptors (Lipinski definition) is 4. The second-order valence-electron chi connectivity index (χ2n) is 8.19. The van der Waals surface area contributed by atoms with Gasteiger partial charge in [-0.3, -0.25) is 19.4 Å². The van der Waals surface area contributed by atoms with Gasteiger partial charge in [-0.05, 0) is 37.5 Å². The lowest BCUT2D eigenvalue weighted by atomic mass is 10.1. The molecular formula is C22H33FN4O2. The first-order valence-corrected chi connectivity index (χ1v) is 10.8. The van der Waals surface area contributed by atoms with Crippen LogP contribution in [0.25, 0.3) is 0 Å². The molecule has 0 saturated carbocycles. The molecular weight excluding hydrogens is 371 g/mol. The SMILES string of the molecule is CC(NC(=O)CN1CCN(CC(=O)N2CCCCCC2)CC1)c1ccc(F)cc1. The molecule has 1 N–H and O–H groups in total. The Hall–Kier alpha value is -1.99. The van der Waals surface area contributed by atoms with Crippen molar-refractivity contribution in [1.29, 1.82) is 0 Å². The number of carbonyl (C=O) groups is 2. The summed E-state index contributed by atoms with van der Waals surface area (Å²) in [7, 11) is 0. The molecule has 1 unspecified atom stereocenters. The van der Waals surface area contributed by atoms with Gasteiger partial charge in [0.25, 0.3) is 0 Å². The third-order valence-electron chi connectivity index (χ3n) is 5.90. The monoisotopic (exact) mass is 404 g/mol. The third kappa shape index (κ3) is 6.78. The summed E-state index contributed by atoms with van der Waals surface area (Å²) in [4.78, 5) is 31.2. The molecule has 0 aromatic heterocycles. The van der Waals surface area contributed by atoms with E-state index < -0.39 is 0 Å². The summed E-state index contributed by atoms with van der Waals surface area (Å²) in [6.07, 6.45) is 4.69. The quantitative estimate of drug-likeness (QED) is 0.788. The molecule has 7 heteroatoms. The van der Waals surface area contributed by atoms with Gasteiger partial charge in [-0.2, -0.15) is 0 Å². The number of amides is 2. The smallest absolute Gasteiger partial charge is 0.236 e. The van der Waals surface area contributed by atoms with Gasteiger partial charge in [0.2, 0.25) is 11.8 Å². The molecule has 0 radical (unpaired) electrons. The molecule has 0 spiro atoms. The topological polar surface area (TPSA) is 55.9 Å². The minimum Gasteiger partial charge on any atom is -0.348 e. The van der Waals surface area contributed by atoms with Gasteiger partial charge in [-0.1, -0.05) is 25.0 Å². The van der Waals surface area contributed by atoms with E-state index in [-0.39, 0.29) is 23.7 Å². The molecule has 2 aliphatic heterocycles. The predicted molar refractivity (Wildman–Crippen MR) is 111 cm³/mol. The number of carbonyl (C=O) groups excluding carboxylic acids is 2. The molecule has 6 nitrogen and oxygen atoms in total. The summed E-state index contributed by atoms with van der Waals surface area (Å²) in [5.41, 5.74) is 0.886. The van der Waals surface area contributed by atoms with Gasteiger partial charge >= 0.3 is 0 Å². The van der Waals surface area contributed by atoms with Crippen molar-refractivity contribution in [1.82, 2.24) is 20.0 Å². The Bertz CT molecular complexity index is 666. The molecule has 2 heterocycles. The van der Waals surface area contributed by atoms with E-state index in [1.807, 2.05) is 11.8 Å². The lowest BCUT2D eigenvalue weighted by Crippen LogP contribution is -2.52. The number of likely N-dealkylation sites (tertiary alicyclic amines) is 1. The van der Waals surface area contributed by atoms with E-state index in [2.05, 4.69) is 15.1 Å². The predicted octanol–water partition coefficient (Wildman–Crippen LogP) is 2.02. The number of nitrogens with zero attached hydrogens (tertiary/aromatic N) is 3. The molecule has 1 atom stereocenters. The summed E-state index contributed by atoms with van der Waals surface area (Å²) in [5.74, 6) is -0.0680. The highest BCUT2D eigenvalue weighted by Crippen LogP contribution is 2.13. The molecule has 2 fully saturated rings. The molecule has 0 bridgehead atoms. The molecule has 2 aliphatic rings. The lowest BCUT2D eigenvalue weighted by Gasteiger charge is -2.35. The average Bonchev–Trinajstić information content (AvgIpc) is 2.99. The number of hydrogen-bond donors (Lipinski definition) is 1. The fraction of sp³-hybridized carbons (Fsp3) is 0.636. The van der Waals surface area contributed by atoms with Crippen LogP contribution in [0.5, 0.6) is 0 Å². The summed E-state index contributed by atoms with van der Waals surface area (Å²) in [5, 5.41) is 2.98. The third-order valence-corrected chi connectivity index (χ3v) is 5.90. The maximum absolute atomic E-state index is 13.0. The molecule has 0 aliphatic carbocycles. The van der Waals surface area contributed by atoms with Crippen LogP contribution in [0.15, 0.2) is 24.3 Å². The second-order valence-corrected chi connectivity index (χ2v) is 8.19. The first-order chi connectivity index (χ1) is 14.0. The zero-order chi connectivity index (χ0) is 20.6. The van der Waals surface area contributed by atoms with E-state index in [1.165, 1.54) is 25.0 Å². The second kappa shape index (κ2) is 10.7. The van der Waals surface area contributed by atoms with E-state index in [9.17, 15) is 14.0 Å². The summed E-state index contributed by atoms with van der Waals surface area (Å²) < 4.78 is 13.0. The first kappa shape index (κ1) is 21.7. The molecule has 2 saturated heterocycles. The van der Waals surface area contributed by atoms with Gasteiger partial charge in [-0.25, -0.2) is 4.39 Å². The summed E-state index contributed by atoms with van der Waals surface area (Å²) in [6, 6.07) is 6.05. The number of piperazine rings is 1. The number of nitrogens with one attached hydrogen (secondary N) is 1. The zero-order valence-corrected chi connectivity index (χ0v) is 17.4. The van der Waals surface area contributed by atoms with Crippen molar-refractivity contribution >= 4 is 11.8 Å². The van der Waals surface area contributed by atoms with Crippen LogP contribution in [0.2, 0.25) is 0 Å². The van der Waals surface area contributed by atoms with Crippen LogP contribution in [0.4, 0.5) is 4.39 Å². The van der Waals surface area contributed by atoms with Crippen molar-refractivity contribution in [2.24, 2.45) is 0 Å². The Morgan fingerprint density at radius 1 is 0.897 bits per heavy atom. The average molecular weight is 405 g/mol. The van der Waals surface area contributed by atoms with E-state index >= 15 is 0 Å². The van der Waals surface area contributed by atoms with Crippen molar-refractivity contribution in [2.75, 3.05) is 52.4 Å². The highest BCUT2D eigenvalue weighted by molar-refractivity contribution is 5.79. The van der Waals surface area contributed by atoms with Crippen LogP contribution < -0.4 is 5.32 Å². The fourth-order valence-corrected chi connectivity index (χ4v) is 4.04. The van der Waals surface area contributed by atoms with Gasteiger partial charge in [0.1, 0.15) is 5.82 Å². The van der Waals surface area contributed by atoms with E-state index in [0.717, 1.165) is 57.7 Å². The molecule has 1 aromatic rings. The van der Waals surface area contributed by atoms with Crippen molar-refractivity contribution in [3.63, 3.8) is 0 Å². The molecule has 29 heavy (non-hydrogen) atoms. The Kier molecular flexibility index (Phi) is 8.00. The molecule has 2 amide bonds. The maximum atomic E-state index is 13.0. The van der Waals surface area contributed by atoms with E-state index in [4.69, 9.17) is 0 Å². The Morgan fingerprint density at radius 2 is 1.45 bits per heavy atom. The molecule has 160 valence electrons. The van der Waals surface area contributed by atoms with Crippen LogP contribution >= 0.6 is 0 Å². The largest absolute Gasteiger partial charge is 0.348 e. The highest BCUT2D eigenvalue weighted by Gasteiger charge is 2.23. The Morgan fingerprint density at radius 3 is 2.03 bits per heavy atom. The summed E-state index contributed by atoms with van der Waals surface area (Å²) >= 11 is 0. The zero-order valence-electron chi connectivity index (χ0n) is 17.4. The lowest BCUT2D eigenvalue weighted by molar-refractivity contribution is -0.133. The van der Waals surface area contributed by atoms with Gasteiger partial charge in [0.05, 0.1) is 19.1 Å². The minimum absolute atomic E-state index is 0.0316. The van der Waals surface area contributed by atoms with Crippen molar-refractivity contribution < 1.29 is 14.0 Å². The van der Waals surface area contributed by atoms with Crippen LogP contribution in [0, 0.1) is 5.82 Å².